The quantitative estimate of drug-likeness (QED) is 0.667. The van der Waals surface area contributed by atoms with Gasteiger partial charge in [0.25, 0.3) is 0 Å². The van der Waals surface area contributed by atoms with Crippen LogP contribution in [-0.4, -0.2) is 11.3 Å². The highest BCUT2D eigenvalue weighted by atomic mass is 35.5. The Morgan fingerprint density at radius 2 is 1.90 bits per heavy atom. The Labute approximate surface area is 128 Å². The fourth-order valence-electron chi connectivity index (χ4n) is 2.46. The predicted octanol–water partition coefficient (Wildman–Crippen LogP) is 4.41. The van der Waals surface area contributed by atoms with Crippen molar-refractivity contribution in [3.05, 3.63) is 76.9 Å². The standard InChI is InChI=1S/C18H14ClNO/c19-17-6-7-18-15(10-17)8-13(11-20-18)9-16(12-21)14-4-2-1-3-5-14/h1-8,10-12,16H,9H2. The fraction of sp³-hybridized carbons (Fsp3) is 0.111. The van der Waals surface area contributed by atoms with Crippen LogP contribution in [0.4, 0.5) is 0 Å². The molecule has 3 heteroatoms. The van der Waals surface area contributed by atoms with E-state index >= 15 is 0 Å². The van der Waals surface area contributed by atoms with Crippen molar-refractivity contribution in [2.75, 3.05) is 0 Å². The van der Waals surface area contributed by atoms with Gasteiger partial charge in [-0.1, -0.05) is 41.9 Å². The molecule has 2 aromatic carbocycles. The lowest BCUT2D eigenvalue weighted by Gasteiger charge is -2.11. The molecule has 2 nitrogen and oxygen atoms in total. The number of carbonyl (C=O) groups is 1. The van der Waals surface area contributed by atoms with E-state index in [2.05, 4.69) is 4.98 Å². The maximum atomic E-state index is 11.4. The lowest BCUT2D eigenvalue weighted by Crippen LogP contribution is -2.04. The third-order valence-electron chi connectivity index (χ3n) is 3.55. The van der Waals surface area contributed by atoms with Gasteiger partial charge in [-0.15, -0.1) is 0 Å². The van der Waals surface area contributed by atoms with Crippen LogP contribution in [0.15, 0.2) is 60.8 Å². The van der Waals surface area contributed by atoms with Crippen molar-refractivity contribution in [3.8, 4) is 0 Å². The van der Waals surface area contributed by atoms with Crippen molar-refractivity contribution in [1.82, 2.24) is 4.98 Å². The van der Waals surface area contributed by atoms with Crippen LogP contribution < -0.4 is 0 Å². The number of pyridine rings is 1. The molecule has 0 aliphatic heterocycles. The van der Waals surface area contributed by atoms with Gasteiger partial charge in [0.1, 0.15) is 6.29 Å². The molecular formula is C18H14ClNO. The van der Waals surface area contributed by atoms with Crippen molar-refractivity contribution in [1.29, 1.82) is 0 Å². The number of aromatic nitrogens is 1. The van der Waals surface area contributed by atoms with Gasteiger partial charge < -0.3 is 4.79 Å². The average molecular weight is 296 g/mol. The first-order valence-electron chi connectivity index (χ1n) is 6.81. The van der Waals surface area contributed by atoms with E-state index in [1.165, 1.54) is 0 Å². The summed E-state index contributed by atoms with van der Waals surface area (Å²) in [5.41, 5.74) is 2.97. The SMILES string of the molecule is O=CC(Cc1cnc2ccc(Cl)cc2c1)c1ccccc1. The molecule has 0 bridgehead atoms. The van der Waals surface area contributed by atoms with Crippen LogP contribution in [0.5, 0.6) is 0 Å². The van der Waals surface area contributed by atoms with E-state index in [4.69, 9.17) is 11.6 Å². The van der Waals surface area contributed by atoms with Gasteiger partial charge in [-0.3, -0.25) is 4.98 Å². The molecule has 0 N–H and O–H groups in total. The second kappa shape index (κ2) is 6.06. The third-order valence-corrected chi connectivity index (χ3v) is 3.78. The smallest absolute Gasteiger partial charge is 0.127 e. The highest BCUT2D eigenvalue weighted by molar-refractivity contribution is 6.31. The number of nitrogens with zero attached hydrogens (tertiary/aromatic N) is 1. The zero-order chi connectivity index (χ0) is 14.7. The summed E-state index contributed by atoms with van der Waals surface area (Å²) in [6, 6.07) is 17.5. The molecule has 0 radical (unpaired) electrons. The van der Waals surface area contributed by atoms with E-state index in [9.17, 15) is 4.79 Å². The summed E-state index contributed by atoms with van der Waals surface area (Å²) in [6.45, 7) is 0. The molecule has 0 fully saturated rings. The molecular weight excluding hydrogens is 282 g/mol. The summed E-state index contributed by atoms with van der Waals surface area (Å²) in [7, 11) is 0. The number of halogens is 1. The van der Waals surface area contributed by atoms with Crippen LogP contribution in [0, 0.1) is 0 Å². The molecule has 1 unspecified atom stereocenters. The minimum absolute atomic E-state index is 0.148. The number of hydrogen-bond donors (Lipinski definition) is 0. The first-order valence-corrected chi connectivity index (χ1v) is 7.18. The summed E-state index contributed by atoms with van der Waals surface area (Å²) in [5, 5.41) is 1.69. The van der Waals surface area contributed by atoms with Gasteiger partial charge in [0.05, 0.1) is 5.52 Å². The Kier molecular flexibility index (Phi) is 3.98. The zero-order valence-electron chi connectivity index (χ0n) is 11.4. The summed E-state index contributed by atoms with van der Waals surface area (Å²) in [6.07, 6.45) is 3.47. The first kappa shape index (κ1) is 13.8. The van der Waals surface area contributed by atoms with E-state index in [-0.39, 0.29) is 5.92 Å². The molecule has 1 aromatic heterocycles. The van der Waals surface area contributed by atoms with E-state index < -0.39 is 0 Å². The number of carbonyl (C=O) groups excluding carboxylic acids is 1. The molecule has 0 aliphatic rings. The molecule has 104 valence electrons. The molecule has 0 saturated heterocycles. The van der Waals surface area contributed by atoms with Crippen LogP contribution >= 0.6 is 11.6 Å². The number of fused-ring (bicyclic) bond motifs is 1. The maximum absolute atomic E-state index is 11.4. The zero-order valence-corrected chi connectivity index (χ0v) is 12.1. The Morgan fingerprint density at radius 1 is 1.10 bits per heavy atom. The number of hydrogen-bond acceptors (Lipinski definition) is 2. The predicted molar refractivity (Wildman–Crippen MR) is 85.7 cm³/mol. The monoisotopic (exact) mass is 295 g/mol. The van der Waals surface area contributed by atoms with Crippen LogP contribution in [0.25, 0.3) is 10.9 Å². The number of aldehydes is 1. The third kappa shape index (κ3) is 3.11. The molecule has 0 amide bonds. The van der Waals surface area contributed by atoms with Crippen LogP contribution in [0.1, 0.15) is 17.0 Å². The largest absolute Gasteiger partial charge is 0.303 e. The second-order valence-corrected chi connectivity index (χ2v) is 5.47. The molecule has 1 heterocycles. The molecule has 1 atom stereocenters. The van der Waals surface area contributed by atoms with E-state index in [1.807, 2.05) is 60.8 Å². The van der Waals surface area contributed by atoms with Crippen molar-refractivity contribution in [2.24, 2.45) is 0 Å². The van der Waals surface area contributed by atoms with Crippen molar-refractivity contribution >= 4 is 28.8 Å². The Balaban J connectivity index is 1.91. The van der Waals surface area contributed by atoms with Crippen LogP contribution in [-0.2, 0) is 11.2 Å². The van der Waals surface area contributed by atoms with Crippen LogP contribution in [0.2, 0.25) is 5.02 Å². The highest BCUT2D eigenvalue weighted by Gasteiger charge is 2.11. The fourth-order valence-corrected chi connectivity index (χ4v) is 2.64. The molecule has 3 rings (SSSR count). The normalized spacial score (nSPS) is 12.2. The van der Waals surface area contributed by atoms with E-state index in [0.29, 0.717) is 11.4 Å². The summed E-state index contributed by atoms with van der Waals surface area (Å²) >= 11 is 6.02. The number of benzene rings is 2. The first-order chi connectivity index (χ1) is 10.3. The Morgan fingerprint density at radius 3 is 2.67 bits per heavy atom. The van der Waals surface area contributed by atoms with Crippen molar-refractivity contribution < 1.29 is 4.79 Å². The minimum atomic E-state index is -0.148. The minimum Gasteiger partial charge on any atom is -0.303 e. The Hall–Kier alpha value is -2.19. The van der Waals surface area contributed by atoms with Gasteiger partial charge in [0.2, 0.25) is 0 Å². The molecule has 0 aliphatic carbocycles. The maximum Gasteiger partial charge on any atom is 0.127 e. The van der Waals surface area contributed by atoms with Gasteiger partial charge in [0.15, 0.2) is 0 Å². The lowest BCUT2D eigenvalue weighted by molar-refractivity contribution is -0.109. The van der Waals surface area contributed by atoms with Gasteiger partial charge >= 0.3 is 0 Å². The lowest BCUT2D eigenvalue weighted by atomic mass is 9.93. The summed E-state index contributed by atoms with van der Waals surface area (Å²) in [4.78, 5) is 15.8. The Bertz CT molecular complexity index is 771. The van der Waals surface area contributed by atoms with Gasteiger partial charge in [-0.25, -0.2) is 0 Å². The van der Waals surface area contributed by atoms with E-state index in [1.54, 1.807) is 0 Å². The van der Waals surface area contributed by atoms with Gasteiger partial charge in [0, 0.05) is 22.5 Å². The van der Waals surface area contributed by atoms with Crippen LogP contribution in [0.3, 0.4) is 0 Å². The average Bonchev–Trinajstić information content (AvgIpc) is 2.53. The summed E-state index contributed by atoms with van der Waals surface area (Å²) < 4.78 is 0. The molecule has 0 spiro atoms. The van der Waals surface area contributed by atoms with E-state index in [0.717, 1.165) is 28.3 Å². The molecule has 0 saturated carbocycles. The van der Waals surface area contributed by atoms with Gasteiger partial charge in [-0.05, 0) is 41.8 Å². The van der Waals surface area contributed by atoms with Crippen molar-refractivity contribution in [3.63, 3.8) is 0 Å². The highest BCUT2D eigenvalue weighted by Crippen LogP contribution is 2.22. The van der Waals surface area contributed by atoms with Gasteiger partial charge in [-0.2, -0.15) is 0 Å². The molecule has 3 aromatic rings. The topological polar surface area (TPSA) is 30.0 Å². The second-order valence-electron chi connectivity index (χ2n) is 5.04. The molecule has 21 heavy (non-hydrogen) atoms. The summed E-state index contributed by atoms with van der Waals surface area (Å²) in [5.74, 6) is -0.148. The number of rotatable bonds is 4. The van der Waals surface area contributed by atoms with Crippen molar-refractivity contribution in [2.45, 2.75) is 12.3 Å².